The fourth-order valence-electron chi connectivity index (χ4n) is 1.62. The number of pyridine rings is 1. The molecule has 1 aromatic carbocycles. The number of carbonyl (C=O) groups is 1. The van der Waals surface area contributed by atoms with Gasteiger partial charge in [-0.25, -0.2) is 0 Å². The lowest BCUT2D eigenvalue weighted by Gasteiger charge is -2.12. The fraction of sp³-hybridized carbons (Fsp3) is 0.143. The van der Waals surface area contributed by atoms with Crippen LogP contribution in [0.25, 0.3) is 0 Å². The lowest BCUT2D eigenvalue weighted by atomic mass is 10.3. The van der Waals surface area contributed by atoms with E-state index in [0.29, 0.717) is 11.4 Å². The van der Waals surface area contributed by atoms with Gasteiger partial charge in [-0.2, -0.15) is 0 Å². The second-order valence-electron chi connectivity index (χ2n) is 4.49. The van der Waals surface area contributed by atoms with Crippen LogP contribution in [0.4, 0.5) is 5.69 Å². The number of rotatable bonds is 3. The maximum Gasteiger partial charge on any atom is 0.272 e. The van der Waals surface area contributed by atoms with Crippen LogP contribution in [0, 0.1) is 0 Å². The van der Waals surface area contributed by atoms with Crippen molar-refractivity contribution in [2.24, 2.45) is 0 Å². The van der Waals surface area contributed by atoms with Crippen LogP contribution in [-0.2, 0) is 0 Å². The van der Waals surface area contributed by atoms with Gasteiger partial charge in [-0.3, -0.25) is 9.78 Å². The quantitative estimate of drug-likeness (QED) is 0.877. The minimum Gasteiger partial charge on any atom is -0.454 e. The first kappa shape index (κ1) is 15.4. The first-order valence-corrected chi connectivity index (χ1v) is 6.74. The van der Waals surface area contributed by atoms with Gasteiger partial charge in [0.25, 0.3) is 5.91 Å². The Labute approximate surface area is 132 Å². The van der Waals surface area contributed by atoms with E-state index in [-0.39, 0.29) is 27.4 Å². The number of hydrogen-bond donors (Lipinski definition) is 1. The van der Waals surface area contributed by atoms with Gasteiger partial charge in [-0.15, -0.1) is 0 Å². The molecule has 1 heterocycles. The van der Waals surface area contributed by atoms with Crippen molar-refractivity contribution in [3.05, 3.63) is 46.2 Å². The van der Waals surface area contributed by atoms with Gasteiger partial charge in [0.15, 0.2) is 5.75 Å². The van der Waals surface area contributed by atoms with Gasteiger partial charge >= 0.3 is 0 Å². The van der Waals surface area contributed by atoms with Crippen molar-refractivity contribution >= 4 is 34.8 Å². The molecule has 2 rings (SSSR count). The van der Waals surface area contributed by atoms with Gasteiger partial charge < -0.3 is 15.4 Å². The summed E-state index contributed by atoms with van der Waals surface area (Å²) in [5.41, 5.74) is 6.34. The molecule has 1 amide bonds. The summed E-state index contributed by atoms with van der Waals surface area (Å²) in [4.78, 5) is 17.3. The normalized spacial score (nSPS) is 10.3. The third-order valence-electron chi connectivity index (χ3n) is 2.60. The molecule has 0 aliphatic carbocycles. The third kappa shape index (κ3) is 3.56. The highest BCUT2D eigenvalue weighted by Gasteiger charge is 2.13. The summed E-state index contributed by atoms with van der Waals surface area (Å²) < 4.78 is 5.64. The smallest absolute Gasteiger partial charge is 0.272 e. The number of benzene rings is 1. The Morgan fingerprint density at radius 3 is 2.43 bits per heavy atom. The second kappa shape index (κ2) is 6.20. The van der Waals surface area contributed by atoms with E-state index in [0.717, 1.165) is 0 Å². The molecule has 2 N–H and O–H groups in total. The van der Waals surface area contributed by atoms with E-state index in [9.17, 15) is 4.79 Å². The third-order valence-corrected chi connectivity index (χ3v) is 3.16. The van der Waals surface area contributed by atoms with E-state index in [1.54, 1.807) is 20.2 Å². The van der Waals surface area contributed by atoms with Crippen LogP contribution >= 0.6 is 23.2 Å². The second-order valence-corrected chi connectivity index (χ2v) is 5.31. The summed E-state index contributed by atoms with van der Waals surface area (Å²) in [6.07, 6.45) is 1.48. The summed E-state index contributed by atoms with van der Waals surface area (Å²) in [5.74, 6) is 0.459. The van der Waals surface area contributed by atoms with Crippen molar-refractivity contribution in [2.45, 2.75) is 0 Å². The van der Waals surface area contributed by atoms with E-state index in [2.05, 4.69) is 4.98 Å². The summed E-state index contributed by atoms with van der Waals surface area (Å²) in [6.45, 7) is 0. The van der Waals surface area contributed by atoms with Crippen molar-refractivity contribution in [3.63, 3.8) is 0 Å². The molecule has 0 bridgehead atoms. The molecule has 21 heavy (non-hydrogen) atoms. The fourth-order valence-corrected chi connectivity index (χ4v) is 2.20. The Bertz CT molecular complexity index is 667. The molecule has 110 valence electrons. The molecule has 2 aromatic rings. The molecule has 7 heteroatoms. The number of anilines is 1. The molecule has 0 unspecified atom stereocenters. The van der Waals surface area contributed by atoms with Crippen molar-refractivity contribution < 1.29 is 9.53 Å². The van der Waals surface area contributed by atoms with Crippen LogP contribution in [0.15, 0.2) is 30.5 Å². The topological polar surface area (TPSA) is 68.5 Å². The van der Waals surface area contributed by atoms with Gasteiger partial charge in [0.2, 0.25) is 0 Å². The summed E-state index contributed by atoms with van der Waals surface area (Å²) in [6, 6.07) is 6.20. The van der Waals surface area contributed by atoms with Crippen molar-refractivity contribution in [1.82, 2.24) is 9.88 Å². The van der Waals surface area contributed by atoms with Gasteiger partial charge in [-0.1, -0.05) is 23.2 Å². The van der Waals surface area contributed by atoms with Crippen LogP contribution in [0.5, 0.6) is 11.5 Å². The monoisotopic (exact) mass is 325 g/mol. The van der Waals surface area contributed by atoms with Crippen LogP contribution < -0.4 is 10.5 Å². The first-order chi connectivity index (χ1) is 9.88. The minimum atomic E-state index is -0.227. The highest BCUT2D eigenvalue weighted by Crippen LogP contribution is 2.38. The molecule has 0 spiro atoms. The van der Waals surface area contributed by atoms with Gasteiger partial charge in [0.05, 0.1) is 10.0 Å². The summed E-state index contributed by atoms with van der Waals surface area (Å²) in [5, 5.41) is 0.578. The summed E-state index contributed by atoms with van der Waals surface area (Å²) in [7, 11) is 3.29. The van der Waals surface area contributed by atoms with E-state index < -0.39 is 0 Å². The van der Waals surface area contributed by atoms with Gasteiger partial charge in [0.1, 0.15) is 11.4 Å². The number of ether oxygens (including phenoxy) is 1. The molecule has 0 aliphatic rings. The number of carbonyl (C=O) groups excluding carboxylic acids is 1. The zero-order valence-corrected chi connectivity index (χ0v) is 12.9. The van der Waals surface area contributed by atoms with Crippen molar-refractivity contribution in [1.29, 1.82) is 0 Å². The lowest BCUT2D eigenvalue weighted by Crippen LogP contribution is -2.22. The number of nitrogens with two attached hydrogens (primary N) is 1. The number of hydrogen-bond acceptors (Lipinski definition) is 4. The van der Waals surface area contributed by atoms with Crippen LogP contribution in [0.3, 0.4) is 0 Å². The Hall–Kier alpha value is -1.98. The average molecular weight is 326 g/mol. The Kier molecular flexibility index (Phi) is 4.55. The van der Waals surface area contributed by atoms with Crippen LogP contribution in [-0.4, -0.2) is 29.9 Å². The van der Waals surface area contributed by atoms with Gasteiger partial charge in [-0.05, 0) is 18.2 Å². The van der Waals surface area contributed by atoms with Crippen LogP contribution in [0.2, 0.25) is 10.0 Å². The van der Waals surface area contributed by atoms with Gasteiger partial charge in [0, 0.05) is 32.0 Å². The first-order valence-electron chi connectivity index (χ1n) is 5.98. The molecular weight excluding hydrogens is 313 g/mol. The number of amides is 1. The predicted molar refractivity (Wildman–Crippen MR) is 83.2 cm³/mol. The highest BCUT2D eigenvalue weighted by molar-refractivity contribution is 6.37. The van der Waals surface area contributed by atoms with Crippen molar-refractivity contribution in [2.75, 3.05) is 19.8 Å². The zero-order chi connectivity index (χ0) is 15.6. The molecule has 0 saturated carbocycles. The molecule has 5 nitrogen and oxygen atoms in total. The standard InChI is InChI=1S/C14H13Cl2N3O2/c1-19(2)14(20)12-7-9(3-4-18-12)21-13-10(15)5-8(17)6-11(13)16/h3-7H,17H2,1-2H3. The molecule has 0 saturated heterocycles. The molecule has 0 atom stereocenters. The minimum absolute atomic E-state index is 0.227. The Balaban J connectivity index is 2.33. The molecule has 0 radical (unpaired) electrons. The lowest BCUT2D eigenvalue weighted by molar-refractivity contribution is 0.0821. The maximum atomic E-state index is 11.9. The largest absolute Gasteiger partial charge is 0.454 e. The zero-order valence-electron chi connectivity index (χ0n) is 11.4. The SMILES string of the molecule is CN(C)C(=O)c1cc(Oc2c(Cl)cc(N)cc2Cl)ccn1. The maximum absolute atomic E-state index is 11.9. The number of nitrogen functional groups attached to an aromatic ring is 1. The predicted octanol–water partition coefficient (Wildman–Crippen LogP) is 3.46. The molecule has 0 fully saturated rings. The van der Waals surface area contributed by atoms with Crippen LogP contribution in [0.1, 0.15) is 10.5 Å². The molecule has 1 aromatic heterocycles. The molecule has 0 aliphatic heterocycles. The van der Waals surface area contributed by atoms with E-state index in [1.165, 1.54) is 29.3 Å². The number of halogens is 2. The van der Waals surface area contributed by atoms with Crippen molar-refractivity contribution in [3.8, 4) is 11.5 Å². The Morgan fingerprint density at radius 1 is 1.24 bits per heavy atom. The highest BCUT2D eigenvalue weighted by atomic mass is 35.5. The Morgan fingerprint density at radius 2 is 1.86 bits per heavy atom. The average Bonchev–Trinajstić information content (AvgIpc) is 2.42. The van der Waals surface area contributed by atoms with E-state index >= 15 is 0 Å². The van der Waals surface area contributed by atoms with E-state index in [4.69, 9.17) is 33.7 Å². The van der Waals surface area contributed by atoms with E-state index in [1.807, 2.05) is 0 Å². The molecular formula is C14H13Cl2N3O2. The number of nitrogens with zero attached hydrogens (tertiary/aromatic N) is 2. The number of aromatic nitrogens is 1. The summed E-state index contributed by atoms with van der Waals surface area (Å²) >= 11 is 12.1.